The van der Waals surface area contributed by atoms with Crippen molar-refractivity contribution in [2.75, 3.05) is 7.11 Å². The summed E-state index contributed by atoms with van der Waals surface area (Å²) < 4.78 is 12.9. The van der Waals surface area contributed by atoms with Crippen LogP contribution in [0, 0.1) is 6.92 Å². The van der Waals surface area contributed by atoms with Gasteiger partial charge in [0.25, 0.3) is 5.91 Å². The normalized spacial score (nSPS) is 11.7. The standard InChI is InChI=1S/C24H24N4O3S/c1-16-4-8-19(9-5-16)31-14-21-26-20(15-32-21)24(29)27-22(23-25-12-13-28(23)2)17-6-10-18(30-3)11-7-17/h4-13,15,22H,14H2,1-3H3,(H,27,29). The second-order valence-electron chi connectivity index (χ2n) is 7.30. The summed E-state index contributed by atoms with van der Waals surface area (Å²) in [6, 6.07) is 15.0. The summed E-state index contributed by atoms with van der Waals surface area (Å²) in [5.41, 5.74) is 2.42. The maximum Gasteiger partial charge on any atom is 0.271 e. The quantitative estimate of drug-likeness (QED) is 0.435. The maximum absolute atomic E-state index is 13.0. The van der Waals surface area contributed by atoms with Crippen LogP contribution in [0.1, 0.15) is 38.5 Å². The van der Waals surface area contributed by atoms with Crippen LogP contribution in [0.2, 0.25) is 0 Å². The second kappa shape index (κ2) is 9.65. The van der Waals surface area contributed by atoms with Gasteiger partial charge in [-0.25, -0.2) is 9.97 Å². The summed E-state index contributed by atoms with van der Waals surface area (Å²) in [6.45, 7) is 2.34. The molecule has 0 fully saturated rings. The van der Waals surface area contributed by atoms with Crippen LogP contribution in [0.15, 0.2) is 66.3 Å². The SMILES string of the molecule is COc1ccc(C(NC(=O)c2csc(COc3ccc(C)cc3)n2)c2nccn2C)cc1. The minimum atomic E-state index is -0.428. The molecular weight excluding hydrogens is 424 g/mol. The summed E-state index contributed by atoms with van der Waals surface area (Å²) in [4.78, 5) is 21.9. The number of amides is 1. The van der Waals surface area contributed by atoms with Crippen molar-refractivity contribution in [1.82, 2.24) is 19.9 Å². The van der Waals surface area contributed by atoms with Gasteiger partial charge in [-0.15, -0.1) is 11.3 Å². The molecule has 4 rings (SSSR count). The van der Waals surface area contributed by atoms with Crippen LogP contribution in [0.5, 0.6) is 11.5 Å². The monoisotopic (exact) mass is 448 g/mol. The van der Waals surface area contributed by atoms with E-state index >= 15 is 0 Å². The largest absolute Gasteiger partial charge is 0.497 e. The van der Waals surface area contributed by atoms with Gasteiger partial charge in [0.1, 0.15) is 40.7 Å². The summed E-state index contributed by atoms with van der Waals surface area (Å²) >= 11 is 1.39. The van der Waals surface area contributed by atoms with Crippen molar-refractivity contribution in [3.8, 4) is 11.5 Å². The van der Waals surface area contributed by atoms with Crippen LogP contribution in [0.4, 0.5) is 0 Å². The molecule has 0 aliphatic carbocycles. The number of methoxy groups -OCH3 is 1. The third-order valence-electron chi connectivity index (χ3n) is 5.01. The van der Waals surface area contributed by atoms with Gasteiger partial charge in [-0.2, -0.15) is 0 Å². The molecule has 0 aliphatic heterocycles. The summed E-state index contributed by atoms with van der Waals surface area (Å²) in [5.74, 6) is 1.97. The van der Waals surface area contributed by atoms with Gasteiger partial charge in [-0.1, -0.05) is 29.8 Å². The summed E-state index contributed by atoms with van der Waals surface area (Å²) in [7, 11) is 3.52. The Hall–Kier alpha value is -3.65. The third-order valence-corrected chi connectivity index (χ3v) is 5.83. The van der Waals surface area contributed by atoms with Crippen molar-refractivity contribution in [3.05, 3.63) is 94.0 Å². The number of carbonyl (C=O) groups excluding carboxylic acids is 1. The Bertz CT molecular complexity index is 1180. The molecule has 8 heteroatoms. The van der Waals surface area contributed by atoms with Crippen molar-refractivity contribution in [2.45, 2.75) is 19.6 Å². The first-order valence-corrected chi connectivity index (χ1v) is 11.0. The lowest BCUT2D eigenvalue weighted by atomic mass is 10.1. The first-order valence-electron chi connectivity index (χ1n) is 10.1. The summed E-state index contributed by atoms with van der Waals surface area (Å²) in [6.07, 6.45) is 3.56. The Morgan fingerprint density at radius 1 is 1.12 bits per heavy atom. The molecule has 2 aromatic heterocycles. The first kappa shape index (κ1) is 21.6. The lowest BCUT2D eigenvalue weighted by Gasteiger charge is -2.19. The highest BCUT2D eigenvalue weighted by atomic mass is 32.1. The highest BCUT2D eigenvalue weighted by molar-refractivity contribution is 7.09. The number of benzene rings is 2. The first-order chi connectivity index (χ1) is 15.5. The van der Waals surface area contributed by atoms with E-state index in [-0.39, 0.29) is 5.91 Å². The molecule has 0 aliphatic rings. The van der Waals surface area contributed by atoms with Crippen LogP contribution in [0.3, 0.4) is 0 Å². The number of hydrogen-bond acceptors (Lipinski definition) is 6. The number of thiazole rings is 1. The second-order valence-corrected chi connectivity index (χ2v) is 8.25. The highest BCUT2D eigenvalue weighted by Gasteiger charge is 2.23. The molecule has 164 valence electrons. The molecule has 1 unspecified atom stereocenters. The van der Waals surface area contributed by atoms with E-state index in [9.17, 15) is 4.79 Å². The predicted molar refractivity (Wildman–Crippen MR) is 123 cm³/mol. The molecule has 0 radical (unpaired) electrons. The van der Waals surface area contributed by atoms with E-state index in [1.165, 1.54) is 16.9 Å². The Kier molecular flexibility index (Phi) is 6.51. The molecular formula is C24H24N4O3S. The smallest absolute Gasteiger partial charge is 0.271 e. The number of nitrogens with zero attached hydrogens (tertiary/aromatic N) is 3. The minimum absolute atomic E-state index is 0.272. The van der Waals surface area contributed by atoms with E-state index in [0.717, 1.165) is 27.9 Å². The molecule has 1 amide bonds. The molecule has 0 saturated heterocycles. The fourth-order valence-corrected chi connectivity index (χ4v) is 3.90. The van der Waals surface area contributed by atoms with Gasteiger partial charge in [0, 0.05) is 24.8 Å². The van der Waals surface area contributed by atoms with Crippen molar-refractivity contribution < 1.29 is 14.3 Å². The summed E-state index contributed by atoms with van der Waals surface area (Å²) in [5, 5.41) is 5.54. The molecule has 2 aromatic carbocycles. The van der Waals surface area contributed by atoms with Crippen LogP contribution in [0.25, 0.3) is 0 Å². The van der Waals surface area contributed by atoms with Gasteiger partial charge >= 0.3 is 0 Å². The van der Waals surface area contributed by atoms with Crippen molar-refractivity contribution in [2.24, 2.45) is 7.05 Å². The Balaban J connectivity index is 1.48. The number of imidazole rings is 1. The van der Waals surface area contributed by atoms with Gasteiger partial charge in [-0.05, 0) is 36.8 Å². The van der Waals surface area contributed by atoms with Crippen LogP contribution >= 0.6 is 11.3 Å². The number of aryl methyl sites for hydroxylation is 2. The van der Waals surface area contributed by atoms with Crippen LogP contribution in [-0.4, -0.2) is 27.6 Å². The number of aromatic nitrogens is 3. The van der Waals surface area contributed by atoms with E-state index < -0.39 is 6.04 Å². The van der Waals surface area contributed by atoms with Crippen molar-refractivity contribution in [1.29, 1.82) is 0 Å². The lowest BCUT2D eigenvalue weighted by Crippen LogP contribution is -2.31. The number of hydrogen-bond donors (Lipinski definition) is 1. The van der Waals surface area contributed by atoms with Crippen LogP contribution in [-0.2, 0) is 13.7 Å². The van der Waals surface area contributed by atoms with E-state index in [2.05, 4.69) is 15.3 Å². The molecule has 0 spiro atoms. The Morgan fingerprint density at radius 2 is 1.84 bits per heavy atom. The van der Waals surface area contributed by atoms with Gasteiger partial charge in [0.15, 0.2) is 0 Å². The molecule has 1 N–H and O–H groups in total. The number of rotatable bonds is 8. The van der Waals surface area contributed by atoms with Gasteiger partial charge in [0.05, 0.1) is 7.11 Å². The molecule has 1 atom stereocenters. The molecule has 2 heterocycles. The Labute approximate surface area is 190 Å². The fraction of sp³-hybridized carbons (Fsp3) is 0.208. The fourth-order valence-electron chi connectivity index (χ4n) is 3.21. The number of nitrogens with one attached hydrogen (secondary N) is 1. The lowest BCUT2D eigenvalue weighted by molar-refractivity contribution is 0.0936. The average molecular weight is 449 g/mol. The Morgan fingerprint density at radius 3 is 2.50 bits per heavy atom. The highest BCUT2D eigenvalue weighted by Crippen LogP contribution is 2.24. The van der Waals surface area contributed by atoms with E-state index in [1.54, 1.807) is 18.7 Å². The zero-order chi connectivity index (χ0) is 22.5. The van der Waals surface area contributed by atoms with E-state index in [4.69, 9.17) is 9.47 Å². The maximum atomic E-state index is 13.0. The molecule has 7 nitrogen and oxygen atoms in total. The molecule has 4 aromatic rings. The zero-order valence-corrected chi connectivity index (χ0v) is 18.9. The van der Waals surface area contributed by atoms with E-state index in [0.29, 0.717) is 12.3 Å². The van der Waals surface area contributed by atoms with Crippen LogP contribution < -0.4 is 14.8 Å². The molecule has 0 bridgehead atoms. The predicted octanol–water partition coefficient (Wildman–Crippen LogP) is 4.29. The number of carbonyl (C=O) groups is 1. The zero-order valence-electron chi connectivity index (χ0n) is 18.1. The molecule has 32 heavy (non-hydrogen) atoms. The van der Waals surface area contributed by atoms with Gasteiger partial charge < -0.3 is 19.4 Å². The average Bonchev–Trinajstić information content (AvgIpc) is 3.46. The number of ether oxygens (including phenoxy) is 2. The topological polar surface area (TPSA) is 78.3 Å². The van der Waals surface area contributed by atoms with Crippen molar-refractivity contribution in [3.63, 3.8) is 0 Å². The minimum Gasteiger partial charge on any atom is -0.497 e. The van der Waals surface area contributed by atoms with Gasteiger partial charge in [-0.3, -0.25) is 4.79 Å². The van der Waals surface area contributed by atoms with E-state index in [1.807, 2.05) is 73.3 Å². The molecule has 0 saturated carbocycles. The third kappa shape index (κ3) is 4.97. The van der Waals surface area contributed by atoms with Crippen molar-refractivity contribution >= 4 is 17.2 Å². The van der Waals surface area contributed by atoms with Gasteiger partial charge in [0.2, 0.25) is 0 Å².